The number of aliphatic hydroxyl groups excluding tert-OH is 1. The summed E-state index contributed by atoms with van der Waals surface area (Å²) in [6.07, 6.45) is 0.991. The predicted molar refractivity (Wildman–Crippen MR) is 62.4 cm³/mol. The molecule has 0 bridgehead atoms. The Hall–Kier alpha value is -0.900. The smallest absolute Gasteiger partial charge is 0.129 e. The van der Waals surface area contributed by atoms with E-state index in [2.05, 4.69) is 4.98 Å². The Morgan fingerprint density at radius 2 is 2.20 bits per heavy atom. The first-order valence-corrected chi connectivity index (χ1v) is 5.72. The molecule has 2 heterocycles. The number of hydrogen-bond acceptors (Lipinski definition) is 3. The third kappa shape index (κ3) is 2.37. The Morgan fingerprint density at radius 3 is 2.80 bits per heavy atom. The lowest BCUT2D eigenvalue weighted by Gasteiger charge is -2.08. The molecule has 2 rings (SSSR count). The molecule has 1 atom stereocenters. The summed E-state index contributed by atoms with van der Waals surface area (Å²) >= 11 is 7.35. The normalized spacial score (nSPS) is 12.7. The van der Waals surface area contributed by atoms with Gasteiger partial charge in [-0.25, -0.2) is 4.98 Å². The number of thiophene rings is 1. The quantitative estimate of drug-likeness (QED) is 0.817. The SMILES string of the molecule is Cc1ccc(C(O)c2ccnc(Cl)c2)s1. The van der Waals surface area contributed by atoms with Crippen molar-refractivity contribution in [2.75, 3.05) is 0 Å². The maximum absolute atomic E-state index is 10.1. The van der Waals surface area contributed by atoms with Gasteiger partial charge < -0.3 is 5.11 Å². The zero-order chi connectivity index (χ0) is 10.8. The van der Waals surface area contributed by atoms with Gasteiger partial charge in [-0.15, -0.1) is 11.3 Å². The molecule has 15 heavy (non-hydrogen) atoms. The minimum absolute atomic E-state index is 0.403. The van der Waals surface area contributed by atoms with Gasteiger partial charge >= 0.3 is 0 Å². The predicted octanol–water partition coefficient (Wildman–Crippen LogP) is 3.19. The zero-order valence-electron chi connectivity index (χ0n) is 8.14. The third-order valence-electron chi connectivity index (χ3n) is 2.10. The van der Waals surface area contributed by atoms with Crippen LogP contribution in [0.3, 0.4) is 0 Å². The van der Waals surface area contributed by atoms with Crippen molar-refractivity contribution in [3.8, 4) is 0 Å². The molecule has 0 amide bonds. The second-order valence-electron chi connectivity index (χ2n) is 3.26. The van der Waals surface area contributed by atoms with Crippen molar-refractivity contribution in [1.29, 1.82) is 0 Å². The van der Waals surface area contributed by atoms with Gasteiger partial charge in [0.05, 0.1) is 0 Å². The molecule has 1 unspecified atom stereocenters. The van der Waals surface area contributed by atoms with Gasteiger partial charge in [0.25, 0.3) is 0 Å². The van der Waals surface area contributed by atoms with E-state index in [0.29, 0.717) is 5.15 Å². The van der Waals surface area contributed by atoms with Crippen molar-refractivity contribution in [1.82, 2.24) is 4.98 Å². The van der Waals surface area contributed by atoms with Crippen molar-refractivity contribution >= 4 is 22.9 Å². The number of aliphatic hydroxyl groups is 1. The van der Waals surface area contributed by atoms with Crippen molar-refractivity contribution in [2.24, 2.45) is 0 Å². The molecule has 78 valence electrons. The number of hydrogen-bond donors (Lipinski definition) is 1. The highest BCUT2D eigenvalue weighted by Gasteiger charge is 2.12. The van der Waals surface area contributed by atoms with E-state index in [1.807, 2.05) is 19.1 Å². The van der Waals surface area contributed by atoms with E-state index in [4.69, 9.17) is 11.6 Å². The first-order valence-electron chi connectivity index (χ1n) is 4.52. The monoisotopic (exact) mass is 239 g/mol. The summed E-state index contributed by atoms with van der Waals surface area (Å²) in [7, 11) is 0. The molecular formula is C11H10ClNOS. The summed E-state index contributed by atoms with van der Waals surface area (Å²) < 4.78 is 0. The van der Waals surface area contributed by atoms with Crippen LogP contribution in [-0.4, -0.2) is 10.1 Å². The van der Waals surface area contributed by atoms with E-state index in [-0.39, 0.29) is 0 Å². The fourth-order valence-electron chi connectivity index (χ4n) is 1.35. The summed E-state index contributed by atoms with van der Waals surface area (Å²) in [6, 6.07) is 7.37. The largest absolute Gasteiger partial charge is 0.383 e. The fourth-order valence-corrected chi connectivity index (χ4v) is 2.43. The molecule has 2 aromatic heterocycles. The second-order valence-corrected chi connectivity index (χ2v) is 4.97. The van der Waals surface area contributed by atoms with Gasteiger partial charge in [-0.3, -0.25) is 0 Å². The van der Waals surface area contributed by atoms with E-state index in [0.717, 1.165) is 10.4 Å². The van der Waals surface area contributed by atoms with E-state index in [1.165, 1.54) is 4.88 Å². The van der Waals surface area contributed by atoms with Crippen molar-refractivity contribution in [3.05, 3.63) is 50.9 Å². The van der Waals surface area contributed by atoms with Gasteiger partial charge in [0.1, 0.15) is 11.3 Å². The van der Waals surface area contributed by atoms with E-state index >= 15 is 0 Å². The van der Waals surface area contributed by atoms with Crippen LogP contribution in [0.15, 0.2) is 30.5 Å². The van der Waals surface area contributed by atoms with Crippen LogP contribution in [-0.2, 0) is 0 Å². The molecule has 2 aromatic rings. The summed E-state index contributed by atoms with van der Waals surface area (Å²) in [5.74, 6) is 0. The Balaban J connectivity index is 2.32. The topological polar surface area (TPSA) is 33.1 Å². The lowest BCUT2D eigenvalue weighted by molar-refractivity contribution is 0.224. The van der Waals surface area contributed by atoms with E-state index in [1.54, 1.807) is 29.7 Å². The number of aromatic nitrogens is 1. The van der Waals surface area contributed by atoms with Crippen LogP contribution in [0, 0.1) is 6.92 Å². The van der Waals surface area contributed by atoms with Crippen LogP contribution < -0.4 is 0 Å². The van der Waals surface area contributed by atoms with Crippen molar-refractivity contribution in [3.63, 3.8) is 0 Å². The molecule has 4 heteroatoms. The first kappa shape index (κ1) is 10.6. The molecule has 0 spiro atoms. The van der Waals surface area contributed by atoms with Crippen LogP contribution in [0.5, 0.6) is 0 Å². The highest BCUT2D eigenvalue weighted by atomic mass is 35.5. The second kappa shape index (κ2) is 4.31. The van der Waals surface area contributed by atoms with Crippen LogP contribution in [0.2, 0.25) is 5.15 Å². The van der Waals surface area contributed by atoms with Crippen LogP contribution in [0.1, 0.15) is 21.4 Å². The Bertz CT molecular complexity index is 469. The van der Waals surface area contributed by atoms with Gasteiger partial charge in [-0.1, -0.05) is 11.6 Å². The zero-order valence-corrected chi connectivity index (χ0v) is 9.72. The van der Waals surface area contributed by atoms with Gasteiger partial charge in [0.15, 0.2) is 0 Å². The van der Waals surface area contributed by atoms with Gasteiger partial charge in [-0.05, 0) is 36.8 Å². The molecule has 0 fully saturated rings. The molecule has 0 radical (unpaired) electrons. The molecule has 0 aliphatic carbocycles. The highest BCUT2D eigenvalue weighted by molar-refractivity contribution is 7.12. The molecule has 0 saturated heterocycles. The average Bonchev–Trinajstić information content (AvgIpc) is 2.64. The maximum Gasteiger partial charge on any atom is 0.129 e. The Kier molecular flexibility index (Phi) is 3.05. The molecule has 1 N–H and O–H groups in total. The minimum Gasteiger partial charge on any atom is -0.383 e. The third-order valence-corrected chi connectivity index (χ3v) is 3.36. The number of halogens is 1. The summed E-state index contributed by atoms with van der Waals surface area (Å²) in [4.78, 5) is 5.99. The average molecular weight is 240 g/mol. The molecular weight excluding hydrogens is 230 g/mol. The van der Waals surface area contributed by atoms with Gasteiger partial charge in [0, 0.05) is 16.0 Å². The van der Waals surface area contributed by atoms with Gasteiger partial charge in [0.2, 0.25) is 0 Å². The number of pyridine rings is 1. The number of nitrogens with zero attached hydrogens (tertiary/aromatic N) is 1. The van der Waals surface area contributed by atoms with Crippen molar-refractivity contribution in [2.45, 2.75) is 13.0 Å². The van der Waals surface area contributed by atoms with Crippen LogP contribution in [0.25, 0.3) is 0 Å². The van der Waals surface area contributed by atoms with Crippen LogP contribution >= 0.6 is 22.9 Å². The first-order chi connectivity index (χ1) is 7.16. The number of rotatable bonds is 2. The highest BCUT2D eigenvalue weighted by Crippen LogP contribution is 2.28. The van der Waals surface area contributed by atoms with Crippen molar-refractivity contribution < 1.29 is 5.11 Å². The molecule has 0 aliphatic heterocycles. The number of aryl methyl sites for hydroxylation is 1. The molecule has 0 aliphatic rings. The molecule has 0 aromatic carbocycles. The standard InChI is InChI=1S/C11H10ClNOS/c1-7-2-3-9(15-7)11(14)8-4-5-13-10(12)6-8/h2-6,11,14H,1H3. The molecule has 0 saturated carbocycles. The summed E-state index contributed by atoms with van der Waals surface area (Å²) in [6.45, 7) is 2.01. The fraction of sp³-hybridized carbons (Fsp3) is 0.182. The van der Waals surface area contributed by atoms with E-state index < -0.39 is 6.10 Å². The Labute approximate surface area is 97.2 Å². The lowest BCUT2D eigenvalue weighted by atomic mass is 10.1. The summed E-state index contributed by atoms with van der Waals surface area (Å²) in [5.41, 5.74) is 0.775. The summed E-state index contributed by atoms with van der Waals surface area (Å²) in [5, 5.41) is 10.5. The van der Waals surface area contributed by atoms with Gasteiger partial charge in [-0.2, -0.15) is 0 Å². The van der Waals surface area contributed by atoms with E-state index in [9.17, 15) is 5.11 Å². The molecule has 2 nitrogen and oxygen atoms in total. The Morgan fingerprint density at radius 1 is 1.40 bits per heavy atom. The van der Waals surface area contributed by atoms with Crippen LogP contribution in [0.4, 0.5) is 0 Å². The maximum atomic E-state index is 10.1. The minimum atomic E-state index is -0.607. The lowest BCUT2D eigenvalue weighted by Crippen LogP contribution is -1.97.